The van der Waals surface area contributed by atoms with E-state index in [-0.39, 0.29) is 46.0 Å². The van der Waals surface area contributed by atoms with Crippen LogP contribution in [0.1, 0.15) is 160 Å². The van der Waals surface area contributed by atoms with E-state index < -0.39 is 12.2 Å². The first-order valence-corrected chi connectivity index (χ1v) is 19.6. The average Bonchev–Trinajstić information content (AvgIpc) is 2.91. The molecule has 0 saturated heterocycles. The van der Waals surface area contributed by atoms with E-state index in [2.05, 4.69) is 69.2 Å². The maximum atomic E-state index is 12.8. The molecule has 0 bridgehead atoms. The minimum Gasteiger partial charge on any atom is -0.393 e. The molecule has 4 rings (SSSR count). The Balaban J connectivity index is 1.66. The van der Waals surface area contributed by atoms with Crippen molar-refractivity contribution in [3.63, 3.8) is 0 Å². The van der Waals surface area contributed by atoms with E-state index in [0.29, 0.717) is 35.5 Å². The molecule has 3 nitrogen and oxygen atoms in total. The van der Waals surface area contributed by atoms with Gasteiger partial charge in [0, 0.05) is 11.3 Å². The van der Waals surface area contributed by atoms with Crippen molar-refractivity contribution in [2.24, 2.45) is 81.3 Å². The molecule has 0 aromatic carbocycles. The molecule has 15 atom stereocenters. The highest BCUT2D eigenvalue weighted by atomic mass is 16.3. The van der Waals surface area contributed by atoms with Gasteiger partial charge in [-0.05, 0) is 109 Å². The van der Waals surface area contributed by atoms with Crippen LogP contribution in [0.2, 0.25) is 0 Å². The van der Waals surface area contributed by atoms with E-state index >= 15 is 0 Å². The van der Waals surface area contributed by atoms with Crippen molar-refractivity contribution < 1.29 is 15.3 Å². The molecule has 0 spiro atoms. The van der Waals surface area contributed by atoms with E-state index in [1.807, 2.05) is 6.92 Å². The number of aliphatic hydroxyl groups is 3. The fraction of sp³-hybridized carbons (Fsp3) is 1.00. The average molecular weight is 617 g/mol. The summed E-state index contributed by atoms with van der Waals surface area (Å²) >= 11 is 0. The van der Waals surface area contributed by atoms with Gasteiger partial charge in [-0.3, -0.25) is 0 Å². The zero-order chi connectivity index (χ0) is 32.8. The predicted molar refractivity (Wildman–Crippen MR) is 186 cm³/mol. The Bertz CT molecular complexity index is 906. The Morgan fingerprint density at radius 2 is 1.43 bits per heavy atom. The summed E-state index contributed by atoms with van der Waals surface area (Å²) in [5.74, 6) is 4.95. The molecule has 0 amide bonds. The van der Waals surface area contributed by atoms with Gasteiger partial charge in [0.25, 0.3) is 0 Å². The molecule has 4 fully saturated rings. The fourth-order valence-corrected chi connectivity index (χ4v) is 13.5. The molecule has 15 unspecified atom stereocenters. The molecular formula is C41H76O3. The molecule has 4 aliphatic carbocycles. The lowest BCUT2D eigenvalue weighted by Gasteiger charge is -2.72. The third-order valence-corrected chi connectivity index (χ3v) is 15.7. The maximum absolute atomic E-state index is 12.8. The predicted octanol–water partition coefficient (Wildman–Crippen LogP) is 10.2. The number of hydrogen-bond acceptors (Lipinski definition) is 3. The van der Waals surface area contributed by atoms with Crippen LogP contribution >= 0.6 is 0 Å². The third kappa shape index (κ3) is 6.36. The quantitative estimate of drug-likeness (QED) is 0.191. The van der Waals surface area contributed by atoms with E-state index in [1.54, 1.807) is 0 Å². The van der Waals surface area contributed by atoms with Gasteiger partial charge in [0.2, 0.25) is 0 Å². The van der Waals surface area contributed by atoms with Crippen LogP contribution in [0.5, 0.6) is 0 Å². The Morgan fingerprint density at radius 1 is 0.841 bits per heavy atom. The van der Waals surface area contributed by atoms with Crippen molar-refractivity contribution in [1.29, 1.82) is 0 Å². The molecule has 0 aliphatic heterocycles. The second kappa shape index (κ2) is 14.2. The van der Waals surface area contributed by atoms with Gasteiger partial charge in [0.15, 0.2) is 0 Å². The summed E-state index contributed by atoms with van der Waals surface area (Å²) in [4.78, 5) is 0. The number of fused-ring (bicyclic) bond motifs is 3. The Kier molecular flexibility index (Phi) is 11.8. The number of rotatable bonds is 12. The van der Waals surface area contributed by atoms with Gasteiger partial charge in [-0.15, -0.1) is 0 Å². The summed E-state index contributed by atoms with van der Waals surface area (Å²) in [5.41, 5.74) is -0.250. The van der Waals surface area contributed by atoms with Crippen LogP contribution < -0.4 is 0 Å². The minimum absolute atomic E-state index is 0.00517. The summed E-state index contributed by atoms with van der Waals surface area (Å²) in [6.45, 7) is 25.9. The molecule has 0 aromatic rings. The topological polar surface area (TPSA) is 60.7 Å². The van der Waals surface area contributed by atoms with Gasteiger partial charge in [0.05, 0.1) is 18.3 Å². The highest BCUT2D eigenvalue weighted by molar-refractivity contribution is 5.19. The lowest BCUT2D eigenvalue weighted by atomic mass is 9.33. The first-order valence-electron chi connectivity index (χ1n) is 19.6. The van der Waals surface area contributed by atoms with E-state index in [0.717, 1.165) is 18.8 Å². The number of hydrogen-bond donors (Lipinski definition) is 3. The van der Waals surface area contributed by atoms with Crippen LogP contribution in [0.25, 0.3) is 0 Å². The molecule has 0 heterocycles. The molecule has 0 radical (unpaired) electrons. The molecule has 258 valence electrons. The van der Waals surface area contributed by atoms with E-state index in [4.69, 9.17) is 0 Å². The zero-order valence-corrected chi connectivity index (χ0v) is 31.1. The molecule has 4 saturated carbocycles. The van der Waals surface area contributed by atoms with Crippen molar-refractivity contribution in [2.75, 3.05) is 0 Å². The van der Waals surface area contributed by atoms with Crippen LogP contribution in [0.3, 0.4) is 0 Å². The first kappa shape index (κ1) is 36.7. The molecular weight excluding hydrogens is 540 g/mol. The van der Waals surface area contributed by atoms with Crippen molar-refractivity contribution in [1.82, 2.24) is 0 Å². The number of aliphatic hydroxyl groups excluding tert-OH is 3. The van der Waals surface area contributed by atoms with Crippen molar-refractivity contribution in [2.45, 2.75) is 178 Å². The Hall–Kier alpha value is -0.120. The lowest BCUT2D eigenvalue weighted by molar-refractivity contribution is -0.281. The third-order valence-electron chi connectivity index (χ3n) is 15.7. The van der Waals surface area contributed by atoms with Crippen LogP contribution in [0.4, 0.5) is 0 Å². The Morgan fingerprint density at radius 3 is 1.95 bits per heavy atom. The van der Waals surface area contributed by atoms with E-state index in [9.17, 15) is 15.3 Å². The summed E-state index contributed by atoms with van der Waals surface area (Å²) < 4.78 is 0. The normalized spacial score (nSPS) is 48.1. The minimum atomic E-state index is -0.548. The van der Waals surface area contributed by atoms with Crippen LogP contribution in [-0.4, -0.2) is 33.6 Å². The van der Waals surface area contributed by atoms with Crippen LogP contribution in [-0.2, 0) is 0 Å². The van der Waals surface area contributed by atoms with Crippen molar-refractivity contribution >= 4 is 0 Å². The summed E-state index contributed by atoms with van der Waals surface area (Å²) in [5, 5.41) is 35.7. The van der Waals surface area contributed by atoms with Gasteiger partial charge in [-0.25, -0.2) is 0 Å². The highest BCUT2D eigenvalue weighted by Crippen LogP contribution is 2.73. The van der Waals surface area contributed by atoms with Crippen LogP contribution in [0, 0.1) is 81.3 Å². The molecule has 3 N–H and O–H groups in total. The zero-order valence-electron chi connectivity index (χ0n) is 31.1. The van der Waals surface area contributed by atoms with Crippen molar-refractivity contribution in [3.8, 4) is 0 Å². The fourth-order valence-electron chi connectivity index (χ4n) is 13.5. The standard InChI is InChI=1S/C41H76O3/c1-12-14-16-18-30(19-17-15-13-2)20-31-21-32(25(3)4)33-23-39(9)24-40(10)22-26(5)34(29(8)42)38(44)41(40,11)28(7)36(39)37(43)35(33)27(31)6/h25-38,42-44H,12-24H2,1-11H3. The van der Waals surface area contributed by atoms with Gasteiger partial charge in [-0.1, -0.05) is 121 Å². The van der Waals surface area contributed by atoms with Gasteiger partial charge >= 0.3 is 0 Å². The largest absolute Gasteiger partial charge is 0.393 e. The number of unbranched alkanes of at least 4 members (excludes halogenated alkanes) is 4. The SMILES string of the molecule is CCCCCC(CCCCC)CC1CC(C(C)C)C2CC3(C)CC4(C)CC(C)C(C(C)O)C(O)C4(C)C(C)C3C(O)C2C1C. The smallest absolute Gasteiger partial charge is 0.0656 e. The molecule has 3 heteroatoms. The van der Waals surface area contributed by atoms with Crippen molar-refractivity contribution in [3.05, 3.63) is 0 Å². The monoisotopic (exact) mass is 617 g/mol. The molecule has 44 heavy (non-hydrogen) atoms. The second-order valence-electron chi connectivity index (χ2n) is 18.7. The van der Waals surface area contributed by atoms with Gasteiger partial charge in [0.1, 0.15) is 0 Å². The first-order chi connectivity index (χ1) is 20.6. The summed E-state index contributed by atoms with van der Waals surface area (Å²) in [7, 11) is 0. The maximum Gasteiger partial charge on any atom is 0.0656 e. The molecule has 4 aliphatic rings. The lowest BCUT2D eigenvalue weighted by Crippen LogP contribution is -2.70. The van der Waals surface area contributed by atoms with Crippen LogP contribution in [0.15, 0.2) is 0 Å². The van der Waals surface area contributed by atoms with Gasteiger partial charge in [-0.2, -0.15) is 0 Å². The van der Waals surface area contributed by atoms with Gasteiger partial charge < -0.3 is 15.3 Å². The Labute approximate surface area is 274 Å². The second-order valence-corrected chi connectivity index (χ2v) is 18.7. The highest BCUT2D eigenvalue weighted by Gasteiger charge is 2.70. The van der Waals surface area contributed by atoms with E-state index in [1.165, 1.54) is 70.6 Å². The summed E-state index contributed by atoms with van der Waals surface area (Å²) in [6.07, 6.45) is 15.5. The summed E-state index contributed by atoms with van der Waals surface area (Å²) in [6, 6.07) is 0. The molecule has 0 aromatic heterocycles.